The third-order valence-electron chi connectivity index (χ3n) is 5.21. The summed E-state index contributed by atoms with van der Waals surface area (Å²) in [6, 6.07) is 10.5. The zero-order valence-corrected chi connectivity index (χ0v) is 14.2. The number of piperidine rings is 1. The number of nitrogens with two attached hydrogens (primary N) is 1. The number of hydrogen-bond acceptors (Lipinski definition) is 2. The number of rotatable bonds is 3. The van der Waals surface area contributed by atoms with Gasteiger partial charge in [-0.25, -0.2) is 9.67 Å². The molecule has 2 aromatic rings. The summed E-state index contributed by atoms with van der Waals surface area (Å²) < 4.78 is 1.93. The van der Waals surface area contributed by atoms with Crippen molar-refractivity contribution in [1.29, 1.82) is 0 Å². The Morgan fingerprint density at radius 3 is 2.71 bits per heavy atom. The first kappa shape index (κ1) is 15.2. The van der Waals surface area contributed by atoms with Gasteiger partial charge in [-0.15, -0.1) is 0 Å². The number of aromatic nitrogens is 2. The second kappa shape index (κ2) is 6.30. The fraction of sp³-hybridized carbons (Fsp3) is 0.474. The van der Waals surface area contributed by atoms with Crippen molar-refractivity contribution >= 4 is 5.96 Å². The van der Waals surface area contributed by atoms with Crippen LogP contribution in [0.2, 0.25) is 0 Å². The van der Waals surface area contributed by atoms with Crippen molar-refractivity contribution in [2.45, 2.75) is 38.1 Å². The maximum atomic E-state index is 6.23. The standard InChI is InChI=1S/C19H25N5/c1-14-7-9-23(10-8-14)19(20)22-18-11-17(18)15-12-21-24(13-15)16-5-3-2-4-6-16/h2-6,12-14,17-18H,7-11H2,1H3,(H2,20,22)/t17-,18+/m0/s1. The van der Waals surface area contributed by atoms with Gasteiger partial charge in [0.1, 0.15) is 0 Å². The molecule has 1 saturated heterocycles. The van der Waals surface area contributed by atoms with E-state index in [0.717, 1.165) is 37.1 Å². The lowest BCUT2D eigenvalue weighted by Crippen LogP contribution is -2.42. The van der Waals surface area contributed by atoms with Crippen molar-refractivity contribution in [2.75, 3.05) is 13.1 Å². The first-order valence-electron chi connectivity index (χ1n) is 8.89. The minimum atomic E-state index is 0.317. The monoisotopic (exact) mass is 323 g/mol. The molecule has 5 nitrogen and oxygen atoms in total. The molecule has 2 fully saturated rings. The van der Waals surface area contributed by atoms with Gasteiger partial charge in [0.15, 0.2) is 5.96 Å². The topological polar surface area (TPSA) is 59.4 Å². The van der Waals surface area contributed by atoms with E-state index in [9.17, 15) is 0 Å². The molecule has 1 aromatic heterocycles. The van der Waals surface area contributed by atoms with E-state index in [1.165, 1.54) is 18.4 Å². The molecule has 0 unspecified atom stereocenters. The Kier molecular flexibility index (Phi) is 4.00. The van der Waals surface area contributed by atoms with Crippen LogP contribution in [-0.4, -0.2) is 39.8 Å². The Bertz CT molecular complexity index is 712. The van der Waals surface area contributed by atoms with Crippen LogP contribution < -0.4 is 5.73 Å². The number of para-hydroxylation sites is 1. The Morgan fingerprint density at radius 1 is 1.21 bits per heavy atom. The van der Waals surface area contributed by atoms with Gasteiger partial charge in [0.2, 0.25) is 0 Å². The highest BCUT2D eigenvalue weighted by atomic mass is 15.3. The van der Waals surface area contributed by atoms with Crippen LogP contribution in [-0.2, 0) is 0 Å². The zero-order valence-electron chi connectivity index (χ0n) is 14.2. The van der Waals surface area contributed by atoms with Gasteiger partial charge in [-0.05, 0) is 42.9 Å². The summed E-state index contributed by atoms with van der Waals surface area (Å²) in [6.07, 6.45) is 7.59. The number of guanidine groups is 1. The van der Waals surface area contributed by atoms with Gasteiger partial charge in [0.25, 0.3) is 0 Å². The van der Waals surface area contributed by atoms with Gasteiger partial charge in [-0.3, -0.25) is 0 Å². The number of hydrogen-bond donors (Lipinski definition) is 1. The highest BCUT2D eigenvalue weighted by Gasteiger charge is 2.40. The molecule has 0 bridgehead atoms. The molecule has 5 heteroatoms. The van der Waals surface area contributed by atoms with Crippen LogP contribution in [0.4, 0.5) is 0 Å². The minimum absolute atomic E-state index is 0.317. The fourth-order valence-electron chi connectivity index (χ4n) is 3.42. The Morgan fingerprint density at radius 2 is 1.96 bits per heavy atom. The summed E-state index contributed by atoms with van der Waals surface area (Å²) in [5.74, 6) is 2.00. The van der Waals surface area contributed by atoms with E-state index >= 15 is 0 Å². The quantitative estimate of drug-likeness (QED) is 0.698. The summed E-state index contributed by atoms with van der Waals surface area (Å²) in [7, 11) is 0. The third-order valence-corrected chi connectivity index (χ3v) is 5.21. The number of likely N-dealkylation sites (tertiary alicyclic amines) is 1. The number of nitrogens with zero attached hydrogens (tertiary/aromatic N) is 4. The summed E-state index contributed by atoms with van der Waals surface area (Å²) in [5.41, 5.74) is 8.57. The molecule has 1 aromatic carbocycles. The van der Waals surface area contributed by atoms with Crippen LogP contribution in [0.15, 0.2) is 47.7 Å². The average Bonchev–Trinajstić information content (AvgIpc) is 3.19. The number of benzene rings is 1. The van der Waals surface area contributed by atoms with Crippen molar-refractivity contribution in [2.24, 2.45) is 16.6 Å². The highest BCUT2D eigenvalue weighted by Crippen LogP contribution is 2.43. The Hall–Kier alpha value is -2.30. The lowest BCUT2D eigenvalue weighted by molar-refractivity contribution is 0.277. The van der Waals surface area contributed by atoms with Crippen molar-refractivity contribution in [1.82, 2.24) is 14.7 Å². The van der Waals surface area contributed by atoms with Crippen molar-refractivity contribution < 1.29 is 0 Å². The third kappa shape index (κ3) is 3.16. The average molecular weight is 323 g/mol. The molecule has 24 heavy (non-hydrogen) atoms. The molecule has 2 aliphatic rings. The second-order valence-electron chi connectivity index (χ2n) is 7.12. The molecule has 126 valence electrons. The molecule has 2 atom stereocenters. The van der Waals surface area contributed by atoms with Gasteiger partial charge >= 0.3 is 0 Å². The fourth-order valence-corrected chi connectivity index (χ4v) is 3.42. The van der Waals surface area contributed by atoms with Crippen molar-refractivity contribution in [3.8, 4) is 5.69 Å². The first-order chi connectivity index (χ1) is 11.7. The molecule has 1 aliphatic carbocycles. The normalized spacial score (nSPS) is 25.0. The minimum Gasteiger partial charge on any atom is -0.370 e. The first-order valence-corrected chi connectivity index (χ1v) is 8.89. The SMILES string of the molecule is CC1CCN(C(N)=N[C@@H]2C[C@H]2c2cnn(-c3ccccc3)c2)CC1. The van der Waals surface area contributed by atoms with Gasteiger partial charge in [-0.2, -0.15) is 5.10 Å². The van der Waals surface area contributed by atoms with Crippen LogP contribution in [0.3, 0.4) is 0 Å². The molecular formula is C19H25N5. The summed E-state index contributed by atoms with van der Waals surface area (Å²) in [6.45, 7) is 4.39. The van der Waals surface area contributed by atoms with Gasteiger partial charge in [0, 0.05) is 25.2 Å². The van der Waals surface area contributed by atoms with E-state index in [0.29, 0.717) is 12.0 Å². The van der Waals surface area contributed by atoms with E-state index in [2.05, 4.69) is 35.3 Å². The molecule has 1 saturated carbocycles. The van der Waals surface area contributed by atoms with E-state index in [1.54, 1.807) is 0 Å². The predicted octanol–water partition coefficient (Wildman–Crippen LogP) is 2.77. The van der Waals surface area contributed by atoms with Gasteiger partial charge in [0.05, 0.1) is 17.9 Å². The smallest absolute Gasteiger partial charge is 0.191 e. The van der Waals surface area contributed by atoms with E-state index in [-0.39, 0.29) is 0 Å². The lowest BCUT2D eigenvalue weighted by atomic mass is 10.00. The van der Waals surface area contributed by atoms with Crippen LogP contribution in [0.5, 0.6) is 0 Å². The second-order valence-corrected chi connectivity index (χ2v) is 7.12. The summed E-state index contributed by atoms with van der Waals surface area (Å²) >= 11 is 0. The van der Waals surface area contributed by atoms with Gasteiger partial charge < -0.3 is 10.6 Å². The zero-order chi connectivity index (χ0) is 16.5. The van der Waals surface area contributed by atoms with E-state index < -0.39 is 0 Å². The van der Waals surface area contributed by atoms with Crippen LogP contribution in [0, 0.1) is 5.92 Å². The Labute approximate surface area is 143 Å². The van der Waals surface area contributed by atoms with Crippen molar-refractivity contribution in [3.63, 3.8) is 0 Å². The van der Waals surface area contributed by atoms with E-state index in [1.807, 2.05) is 29.1 Å². The lowest BCUT2D eigenvalue weighted by Gasteiger charge is -2.31. The van der Waals surface area contributed by atoms with E-state index in [4.69, 9.17) is 10.7 Å². The largest absolute Gasteiger partial charge is 0.370 e. The molecule has 1 aliphatic heterocycles. The van der Waals surface area contributed by atoms with Crippen molar-refractivity contribution in [3.05, 3.63) is 48.3 Å². The molecule has 4 rings (SSSR count). The summed E-state index contributed by atoms with van der Waals surface area (Å²) in [5, 5.41) is 4.49. The molecular weight excluding hydrogens is 298 g/mol. The van der Waals surface area contributed by atoms with Crippen LogP contribution in [0.1, 0.15) is 37.7 Å². The molecule has 0 spiro atoms. The highest BCUT2D eigenvalue weighted by molar-refractivity contribution is 5.78. The maximum Gasteiger partial charge on any atom is 0.191 e. The van der Waals surface area contributed by atoms with Crippen LogP contribution >= 0.6 is 0 Å². The van der Waals surface area contributed by atoms with Gasteiger partial charge in [-0.1, -0.05) is 25.1 Å². The molecule has 0 radical (unpaired) electrons. The maximum absolute atomic E-state index is 6.23. The Balaban J connectivity index is 1.40. The molecule has 2 N–H and O–H groups in total. The summed E-state index contributed by atoms with van der Waals surface area (Å²) in [4.78, 5) is 7.00. The molecule has 0 amide bonds. The number of aliphatic imine (C=N–C) groups is 1. The predicted molar refractivity (Wildman–Crippen MR) is 96.3 cm³/mol. The van der Waals surface area contributed by atoms with Crippen LogP contribution in [0.25, 0.3) is 5.69 Å². The molecule has 2 heterocycles.